The first-order valence-corrected chi connectivity index (χ1v) is 7.94. The third-order valence-corrected chi connectivity index (χ3v) is 4.60. The van der Waals surface area contributed by atoms with Crippen molar-refractivity contribution in [2.24, 2.45) is 0 Å². The van der Waals surface area contributed by atoms with Crippen molar-refractivity contribution in [3.05, 3.63) is 46.0 Å². The minimum atomic E-state index is -0.0740. The molecule has 2 aromatic rings. The fourth-order valence-electron chi connectivity index (χ4n) is 2.00. The third kappa shape index (κ3) is 4.05. The molecule has 0 unspecified atom stereocenters. The number of aliphatic hydroxyl groups is 1. The minimum Gasteiger partial charge on any atom is -0.392 e. The van der Waals surface area contributed by atoms with E-state index in [-0.39, 0.29) is 12.5 Å². The van der Waals surface area contributed by atoms with Crippen molar-refractivity contribution < 1.29 is 9.90 Å². The van der Waals surface area contributed by atoms with Crippen LogP contribution in [0, 0.1) is 6.92 Å². The van der Waals surface area contributed by atoms with Crippen molar-refractivity contribution in [2.45, 2.75) is 20.0 Å². The number of nitrogens with zero attached hydrogens (tertiary/aromatic N) is 2. The molecule has 1 aromatic carbocycles. The Morgan fingerprint density at radius 3 is 2.45 bits per heavy atom. The van der Waals surface area contributed by atoms with Gasteiger partial charge in [0.1, 0.15) is 4.88 Å². The van der Waals surface area contributed by atoms with Crippen molar-refractivity contribution in [3.63, 3.8) is 0 Å². The van der Waals surface area contributed by atoms with E-state index in [4.69, 9.17) is 5.11 Å². The lowest BCUT2D eigenvalue weighted by atomic mass is 10.1. The number of aryl methyl sites for hydroxylation is 1. The molecule has 0 atom stereocenters. The fraction of sp³-hybridized carbons (Fsp3) is 0.375. The smallest absolute Gasteiger partial charge is 0.263 e. The highest BCUT2D eigenvalue weighted by molar-refractivity contribution is 7.17. The van der Waals surface area contributed by atoms with Gasteiger partial charge in [0.15, 0.2) is 5.13 Å². The van der Waals surface area contributed by atoms with Gasteiger partial charge in [0, 0.05) is 20.6 Å². The summed E-state index contributed by atoms with van der Waals surface area (Å²) in [4.78, 5) is 19.1. The van der Waals surface area contributed by atoms with Crippen LogP contribution in [0.25, 0.3) is 0 Å². The number of amides is 1. The quantitative estimate of drug-likeness (QED) is 0.854. The van der Waals surface area contributed by atoms with Crippen LogP contribution in [0.15, 0.2) is 24.3 Å². The van der Waals surface area contributed by atoms with Gasteiger partial charge in [0.05, 0.1) is 12.3 Å². The number of anilines is 1. The van der Waals surface area contributed by atoms with E-state index in [1.165, 1.54) is 11.3 Å². The largest absolute Gasteiger partial charge is 0.392 e. The van der Waals surface area contributed by atoms with Gasteiger partial charge in [-0.1, -0.05) is 35.6 Å². The molecular weight excluding hydrogens is 298 g/mol. The number of thiazole rings is 1. The zero-order valence-electron chi connectivity index (χ0n) is 13.1. The van der Waals surface area contributed by atoms with Gasteiger partial charge in [-0.15, -0.1) is 0 Å². The summed E-state index contributed by atoms with van der Waals surface area (Å²) >= 11 is 1.40. The zero-order valence-corrected chi connectivity index (χ0v) is 13.9. The summed E-state index contributed by atoms with van der Waals surface area (Å²) in [5.41, 5.74) is 2.79. The molecule has 6 heteroatoms. The normalized spacial score (nSPS) is 10.5. The molecule has 0 fully saturated rings. The van der Waals surface area contributed by atoms with Gasteiger partial charge in [-0.3, -0.25) is 4.79 Å². The summed E-state index contributed by atoms with van der Waals surface area (Å²) in [7, 11) is 3.83. The Labute approximate surface area is 134 Å². The highest BCUT2D eigenvalue weighted by Crippen LogP contribution is 2.24. The zero-order chi connectivity index (χ0) is 16.1. The molecule has 22 heavy (non-hydrogen) atoms. The van der Waals surface area contributed by atoms with Crippen LogP contribution in [0.1, 0.15) is 26.5 Å². The van der Waals surface area contributed by atoms with E-state index in [1.807, 2.05) is 50.2 Å². The van der Waals surface area contributed by atoms with Crippen molar-refractivity contribution in [2.75, 3.05) is 25.5 Å². The number of nitrogens with one attached hydrogen (secondary N) is 1. The molecule has 118 valence electrons. The summed E-state index contributed by atoms with van der Waals surface area (Å²) in [6.45, 7) is 2.48. The lowest BCUT2D eigenvalue weighted by Crippen LogP contribution is -2.25. The maximum absolute atomic E-state index is 12.2. The van der Waals surface area contributed by atoms with E-state index in [2.05, 4.69) is 10.3 Å². The Kier molecular flexibility index (Phi) is 5.51. The highest BCUT2D eigenvalue weighted by atomic mass is 32.1. The average Bonchev–Trinajstić information content (AvgIpc) is 2.90. The number of benzene rings is 1. The number of aliphatic hydroxyl groups excluding tert-OH is 1. The fourth-order valence-corrected chi connectivity index (χ4v) is 2.90. The van der Waals surface area contributed by atoms with Crippen LogP contribution in [-0.2, 0) is 13.0 Å². The van der Waals surface area contributed by atoms with Crippen LogP contribution in [-0.4, -0.2) is 36.6 Å². The van der Waals surface area contributed by atoms with E-state index in [0.717, 1.165) is 28.4 Å². The summed E-state index contributed by atoms with van der Waals surface area (Å²) in [6, 6.07) is 7.74. The molecule has 0 aliphatic rings. The maximum atomic E-state index is 12.2. The van der Waals surface area contributed by atoms with Crippen LogP contribution < -0.4 is 10.2 Å². The summed E-state index contributed by atoms with van der Waals surface area (Å²) in [5, 5.41) is 12.8. The molecule has 0 spiro atoms. The molecule has 5 nitrogen and oxygen atoms in total. The van der Waals surface area contributed by atoms with Gasteiger partial charge in [-0.05, 0) is 24.5 Å². The second-order valence-corrected chi connectivity index (χ2v) is 6.26. The molecule has 0 saturated carbocycles. The monoisotopic (exact) mass is 319 g/mol. The first kappa shape index (κ1) is 16.5. The lowest BCUT2D eigenvalue weighted by molar-refractivity contribution is 0.0957. The van der Waals surface area contributed by atoms with E-state index in [1.54, 1.807) is 0 Å². The van der Waals surface area contributed by atoms with Gasteiger partial charge in [-0.25, -0.2) is 4.98 Å². The van der Waals surface area contributed by atoms with Crippen molar-refractivity contribution in [1.82, 2.24) is 10.3 Å². The minimum absolute atomic E-state index is 0.0515. The van der Waals surface area contributed by atoms with E-state index >= 15 is 0 Å². The Morgan fingerprint density at radius 2 is 1.91 bits per heavy atom. The van der Waals surface area contributed by atoms with Crippen LogP contribution >= 0.6 is 11.3 Å². The van der Waals surface area contributed by atoms with Gasteiger partial charge < -0.3 is 15.3 Å². The van der Waals surface area contributed by atoms with Gasteiger partial charge >= 0.3 is 0 Å². The number of carbonyl (C=O) groups excluding carboxylic acids is 1. The van der Waals surface area contributed by atoms with Crippen LogP contribution in [0.4, 0.5) is 5.13 Å². The number of carbonyl (C=O) groups is 1. The van der Waals surface area contributed by atoms with E-state index in [0.29, 0.717) is 11.4 Å². The van der Waals surface area contributed by atoms with E-state index < -0.39 is 0 Å². The SMILES string of the molecule is Cc1nc(N(C)C)sc1C(=O)NCCc1ccc(CO)cc1. The summed E-state index contributed by atoms with van der Waals surface area (Å²) in [6.07, 6.45) is 0.760. The highest BCUT2D eigenvalue weighted by Gasteiger charge is 2.15. The molecule has 1 heterocycles. The van der Waals surface area contributed by atoms with Crippen molar-refractivity contribution >= 4 is 22.4 Å². The van der Waals surface area contributed by atoms with Crippen LogP contribution in [0.5, 0.6) is 0 Å². The molecule has 1 aromatic heterocycles. The molecule has 2 N–H and O–H groups in total. The molecule has 2 rings (SSSR count). The van der Waals surface area contributed by atoms with Crippen molar-refractivity contribution in [3.8, 4) is 0 Å². The summed E-state index contributed by atoms with van der Waals surface area (Å²) in [5.74, 6) is -0.0740. The Morgan fingerprint density at radius 1 is 1.27 bits per heavy atom. The molecular formula is C16H21N3O2S. The Bertz CT molecular complexity index is 635. The van der Waals surface area contributed by atoms with Crippen molar-refractivity contribution in [1.29, 1.82) is 0 Å². The van der Waals surface area contributed by atoms with Crippen LogP contribution in [0.3, 0.4) is 0 Å². The average molecular weight is 319 g/mol. The first-order chi connectivity index (χ1) is 10.5. The molecule has 0 saturated heterocycles. The third-order valence-electron chi connectivity index (χ3n) is 3.28. The number of hydrogen-bond acceptors (Lipinski definition) is 5. The first-order valence-electron chi connectivity index (χ1n) is 7.13. The predicted molar refractivity (Wildman–Crippen MR) is 89.6 cm³/mol. The predicted octanol–water partition coefficient (Wildman–Crippen LogP) is 1.98. The number of aromatic nitrogens is 1. The van der Waals surface area contributed by atoms with Crippen LogP contribution in [0.2, 0.25) is 0 Å². The van der Waals surface area contributed by atoms with Gasteiger partial charge in [0.2, 0.25) is 0 Å². The lowest BCUT2D eigenvalue weighted by Gasteiger charge is -2.06. The maximum Gasteiger partial charge on any atom is 0.263 e. The van der Waals surface area contributed by atoms with Gasteiger partial charge in [-0.2, -0.15) is 0 Å². The van der Waals surface area contributed by atoms with Gasteiger partial charge in [0.25, 0.3) is 5.91 Å². The molecule has 0 radical (unpaired) electrons. The molecule has 0 bridgehead atoms. The summed E-state index contributed by atoms with van der Waals surface area (Å²) < 4.78 is 0. The molecule has 0 aliphatic heterocycles. The Balaban J connectivity index is 1.89. The standard InChI is InChI=1S/C16H21N3O2S/c1-11-14(22-16(18-11)19(2)3)15(21)17-9-8-12-4-6-13(10-20)7-5-12/h4-7,20H,8-10H2,1-3H3,(H,17,21). The second kappa shape index (κ2) is 7.38. The topological polar surface area (TPSA) is 65.5 Å². The van der Waals surface area contributed by atoms with E-state index in [9.17, 15) is 4.79 Å². The number of rotatable bonds is 6. The molecule has 1 amide bonds. The number of hydrogen-bond donors (Lipinski definition) is 2. The Hall–Kier alpha value is -1.92. The molecule has 0 aliphatic carbocycles. The second-order valence-electron chi connectivity index (χ2n) is 5.29.